The van der Waals surface area contributed by atoms with E-state index in [2.05, 4.69) is 15.2 Å². The zero-order valence-corrected chi connectivity index (χ0v) is 28.3. The number of anilines is 1. The number of nitrogens with zero attached hydrogens (tertiary/aromatic N) is 3. The highest BCUT2D eigenvalue weighted by molar-refractivity contribution is 6.30. The molecule has 0 aliphatic carbocycles. The van der Waals surface area contributed by atoms with Crippen molar-refractivity contribution in [1.82, 2.24) is 20.1 Å². The topological polar surface area (TPSA) is 88.8 Å². The zero-order chi connectivity index (χ0) is 33.8. The molecule has 0 radical (unpaired) electrons. The third-order valence-corrected chi connectivity index (χ3v) is 9.92. The molecule has 4 aromatic rings. The van der Waals surface area contributed by atoms with E-state index < -0.39 is 11.9 Å². The minimum atomic E-state index is -0.765. The summed E-state index contributed by atoms with van der Waals surface area (Å²) in [5.74, 6) is -0.638. The van der Waals surface area contributed by atoms with Crippen LogP contribution in [0.15, 0.2) is 72.9 Å². The first kappa shape index (κ1) is 33.7. The van der Waals surface area contributed by atoms with Gasteiger partial charge in [0, 0.05) is 66.8 Å². The Hall–Kier alpha value is -4.21. The van der Waals surface area contributed by atoms with Crippen LogP contribution in [0.2, 0.25) is 5.02 Å². The lowest BCUT2D eigenvalue weighted by molar-refractivity contribution is -0.127. The van der Waals surface area contributed by atoms with Gasteiger partial charge in [-0.1, -0.05) is 41.9 Å². The molecule has 1 fully saturated rings. The number of halogens is 2. The summed E-state index contributed by atoms with van der Waals surface area (Å²) in [4.78, 5) is 49.9. The van der Waals surface area contributed by atoms with Crippen LogP contribution in [0.5, 0.6) is 0 Å². The maximum atomic E-state index is 14.5. The minimum Gasteiger partial charge on any atom is -0.361 e. The summed E-state index contributed by atoms with van der Waals surface area (Å²) >= 11 is 6.39. The zero-order valence-electron chi connectivity index (χ0n) is 27.6. The number of H-pyrrole nitrogens is 1. The number of benzene rings is 3. The first-order valence-electron chi connectivity index (χ1n) is 16.8. The molecule has 2 aliphatic rings. The summed E-state index contributed by atoms with van der Waals surface area (Å²) in [6, 6.07) is 18.9. The quantitative estimate of drug-likeness (QED) is 0.214. The van der Waals surface area contributed by atoms with E-state index in [0.717, 1.165) is 53.5 Å². The highest BCUT2D eigenvalue weighted by Gasteiger charge is 2.34. The van der Waals surface area contributed by atoms with Crippen LogP contribution in [0.1, 0.15) is 47.2 Å². The molecule has 1 saturated heterocycles. The Morgan fingerprint density at radius 1 is 1.02 bits per heavy atom. The number of fused-ring (bicyclic) bond motifs is 2. The molecule has 0 bridgehead atoms. The van der Waals surface area contributed by atoms with Crippen LogP contribution < -0.4 is 10.2 Å². The number of aromatic nitrogens is 1. The van der Waals surface area contributed by atoms with Crippen LogP contribution in [0, 0.1) is 17.7 Å². The Balaban J connectivity index is 1.15. The molecule has 252 valence electrons. The van der Waals surface area contributed by atoms with Crippen molar-refractivity contribution in [3.63, 3.8) is 0 Å². The summed E-state index contributed by atoms with van der Waals surface area (Å²) in [5, 5.41) is 4.78. The summed E-state index contributed by atoms with van der Waals surface area (Å²) in [5.41, 5.74) is 3.91. The van der Waals surface area contributed by atoms with Gasteiger partial charge in [-0.05, 0) is 99.1 Å². The van der Waals surface area contributed by atoms with Crippen molar-refractivity contribution in [1.29, 1.82) is 0 Å². The Morgan fingerprint density at radius 2 is 1.77 bits per heavy atom. The molecule has 2 atom stereocenters. The van der Waals surface area contributed by atoms with E-state index >= 15 is 0 Å². The fourth-order valence-corrected chi connectivity index (χ4v) is 7.50. The van der Waals surface area contributed by atoms with Gasteiger partial charge in [-0.3, -0.25) is 14.4 Å². The Kier molecular flexibility index (Phi) is 10.5. The van der Waals surface area contributed by atoms with Gasteiger partial charge in [0.05, 0.1) is 5.56 Å². The molecule has 3 amide bonds. The van der Waals surface area contributed by atoms with Crippen LogP contribution >= 0.6 is 11.6 Å². The molecule has 3 aromatic carbocycles. The van der Waals surface area contributed by atoms with Crippen molar-refractivity contribution in [3.05, 3.63) is 100 Å². The fraction of sp³-hybridized carbons (Fsp3) is 0.395. The van der Waals surface area contributed by atoms with E-state index in [9.17, 15) is 18.8 Å². The first-order chi connectivity index (χ1) is 23.2. The normalized spacial score (nSPS) is 17.4. The average Bonchev–Trinajstić information content (AvgIpc) is 3.48. The van der Waals surface area contributed by atoms with E-state index in [4.69, 9.17) is 11.6 Å². The van der Waals surface area contributed by atoms with Gasteiger partial charge >= 0.3 is 0 Å². The molecule has 8 nitrogen and oxygen atoms in total. The number of hydrogen-bond donors (Lipinski definition) is 2. The second kappa shape index (κ2) is 14.9. The molecule has 48 heavy (non-hydrogen) atoms. The highest BCUT2D eigenvalue weighted by atomic mass is 35.5. The van der Waals surface area contributed by atoms with Crippen molar-refractivity contribution in [2.24, 2.45) is 11.8 Å². The lowest BCUT2D eigenvalue weighted by atomic mass is 9.90. The highest BCUT2D eigenvalue weighted by Crippen LogP contribution is 2.33. The second-order valence-electron chi connectivity index (χ2n) is 13.5. The van der Waals surface area contributed by atoms with Crippen molar-refractivity contribution >= 4 is 45.9 Å². The summed E-state index contributed by atoms with van der Waals surface area (Å²) < 4.78 is 14.2. The average molecular weight is 672 g/mol. The smallest absolute Gasteiger partial charge is 0.256 e. The van der Waals surface area contributed by atoms with Crippen LogP contribution in [0.25, 0.3) is 10.9 Å². The summed E-state index contributed by atoms with van der Waals surface area (Å²) in [6.07, 6.45) is 5.50. The number of nitrogens with one attached hydrogen (secondary N) is 2. The third-order valence-electron chi connectivity index (χ3n) is 9.69. The molecule has 0 unspecified atom stereocenters. The van der Waals surface area contributed by atoms with Crippen LogP contribution in [0.3, 0.4) is 0 Å². The van der Waals surface area contributed by atoms with Gasteiger partial charge in [0.1, 0.15) is 11.9 Å². The fourth-order valence-electron chi connectivity index (χ4n) is 7.30. The van der Waals surface area contributed by atoms with Gasteiger partial charge < -0.3 is 25.0 Å². The van der Waals surface area contributed by atoms with Gasteiger partial charge in [-0.15, -0.1) is 0 Å². The lowest BCUT2D eigenvalue weighted by Crippen LogP contribution is -2.53. The second-order valence-corrected chi connectivity index (χ2v) is 13.9. The standard InChI is InChI=1S/C38H43ClFN5O3/c1-43(2)23-26-19-27-20-29(39)12-13-35(27)45(24-26)38(48)34(21-28-22-41-33-10-6-4-7-30(28)33)42-36(46)14-11-25-15-17-44(18-16-25)37(47)31-8-3-5-9-32(31)40/h3-10,12-13,20,22,25-26,34,41H,11,14-19,21,23-24H2,1-2H3,(H,42,46)/t26-,34-/m1/s1. The number of piperidine rings is 1. The molecule has 3 heterocycles. The van der Waals surface area contributed by atoms with E-state index in [0.29, 0.717) is 37.5 Å². The van der Waals surface area contributed by atoms with Gasteiger partial charge in [-0.25, -0.2) is 4.39 Å². The molecule has 2 N–H and O–H groups in total. The summed E-state index contributed by atoms with van der Waals surface area (Å²) in [6.45, 7) is 2.41. The van der Waals surface area contributed by atoms with E-state index in [1.54, 1.807) is 17.0 Å². The Labute approximate surface area is 286 Å². The van der Waals surface area contributed by atoms with Crippen LogP contribution in [-0.2, 0) is 22.4 Å². The number of hydrogen-bond acceptors (Lipinski definition) is 4. The van der Waals surface area contributed by atoms with Gasteiger partial charge in [0.15, 0.2) is 0 Å². The molecular formula is C38H43ClFN5O3. The number of para-hydroxylation sites is 1. The maximum absolute atomic E-state index is 14.5. The third kappa shape index (κ3) is 7.74. The van der Waals surface area contributed by atoms with E-state index in [-0.39, 0.29) is 41.5 Å². The van der Waals surface area contributed by atoms with Crippen molar-refractivity contribution in [2.45, 2.75) is 44.6 Å². The predicted molar refractivity (Wildman–Crippen MR) is 188 cm³/mol. The number of carbonyl (C=O) groups excluding carboxylic acids is 3. The van der Waals surface area contributed by atoms with Crippen molar-refractivity contribution in [3.8, 4) is 0 Å². The number of aromatic amines is 1. The lowest BCUT2D eigenvalue weighted by Gasteiger charge is -2.37. The number of amides is 3. The number of carbonyl (C=O) groups is 3. The number of rotatable bonds is 10. The van der Waals surface area contributed by atoms with Crippen LogP contribution in [-0.4, -0.2) is 78.8 Å². The van der Waals surface area contributed by atoms with Crippen molar-refractivity contribution in [2.75, 3.05) is 45.2 Å². The van der Waals surface area contributed by atoms with Crippen molar-refractivity contribution < 1.29 is 18.8 Å². The molecule has 2 aliphatic heterocycles. The number of likely N-dealkylation sites (tertiary alicyclic amines) is 1. The van der Waals surface area contributed by atoms with Gasteiger partial charge in [-0.2, -0.15) is 0 Å². The Bertz CT molecular complexity index is 1780. The van der Waals surface area contributed by atoms with E-state index in [1.807, 2.05) is 67.7 Å². The predicted octanol–water partition coefficient (Wildman–Crippen LogP) is 6.09. The first-order valence-corrected chi connectivity index (χ1v) is 17.2. The van der Waals surface area contributed by atoms with Crippen LogP contribution in [0.4, 0.5) is 10.1 Å². The molecule has 0 spiro atoms. The summed E-state index contributed by atoms with van der Waals surface area (Å²) in [7, 11) is 4.06. The molecule has 1 aromatic heterocycles. The van der Waals surface area contributed by atoms with Gasteiger partial charge in [0.2, 0.25) is 11.8 Å². The maximum Gasteiger partial charge on any atom is 0.256 e. The monoisotopic (exact) mass is 671 g/mol. The molecule has 10 heteroatoms. The Morgan fingerprint density at radius 3 is 2.54 bits per heavy atom. The minimum absolute atomic E-state index is 0.0914. The largest absolute Gasteiger partial charge is 0.361 e. The SMILES string of the molecule is CN(C)C[C@H]1Cc2cc(Cl)ccc2N(C(=O)[C@@H](Cc2c[nH]c3ccccc23)NC(=O)CCC2CCN(C(=O)c3ccccc3F)CC2)C1. The molecule has 0 saturated carbocycles. The van der Waals surface area contributed by atoms with Gasteiger partial charge in [0.25, 0.3) is 5.91 Å². The van der Waals surface area contributed by atoms with E-state index in [1.165, 1.54) is 12.1 Å². The molecular weight excluding hydrogens is 629 g/mol. The molecule has 6 rings (SSSR count).